The van der Waals surface area contributed by atoms with Crippen LogP contribution in [0, 0.1) is 11.8 Å². The zero-order chi connectivity index (χ0) is 15.2. The highest BCUT2D eigenvalue weighted by Crippen LogP contribution is 2.19. The van der Waals surface area contributed by atoms with Gasteiger partial charge in [0.05, 0.1) is 5.69 Å². The molecule has 0 aliphatic carbocycles. The van der Waals surface area contributed by atoms with Gasteiger partial charge in [-0.15, -0.1) is 0 Å². The molecule has 0 spiro atoms. The van der Waals surface area contributed by atoms with Gasteiger partial charge in [-0.25, -0.2) is 4.90 Å². The molecular formula is C16H13NO3S. The van der Waals surface area contributed by atoms with Crippen LogP contribution in [0.3, 0.4) is 0 Å². The van der Waals surface area contributed by atoms with Crippen LogP contribution in [-0.4, -0.2) is 22.7 Å². The lowest BCUT2D eigenvalue weighted by molar-refractivity contribution is -0.120. The Labute approximate surface area is 127 Å². The van der Waals surface area contributed by atoms with Gasteiger partial charge in [0.2, 0.25) is 0 Å². The van der Waals surface area contributed by atoms with Gasteiger partial charge in [-0.05, 0) is 24.3 Å². The summed E-state index contributed by atoms with van der Waals surface area (Å²) in [5.41, 5.74) is 1.34. The van der Waals surface area contributed by atoms with Gasteiger partial charge >= 0.3 is 0 Å². The topological polar surface area (TPSA) is 54.5 Å². The molecule has 0 fully saturated rings. The summed E-state index contributed by atoms with van der Waals surface area (Å²) in [7, 11) is 0. The number of hydrogen-bond acceptors (Lipinski definition) is 4. The lowest BCUT2D eigenvalue weighted by atomic mass is 10.2. The zero-order valence-corrected chi connectivity index (χ0v) is 12.3. The Balaban J connectivity index is 1.97. The van der Waals surface area contributed by atoms with Crippen molar-refractivity contribution in [2.75, 3.05) is 10.7 Å². The second-order valence-corrected chi connectivity index (χ2v) is 5.56. The SMILES string of the molecule is CC(=O)SCCC#Cc1ccc(N2C(=O)C=CC2=O)cc1. The third kappa shape index (κ3) is 4.07. The van der Waals surface area contributed by atoms with Crippen LogP contribution in [0.1, 0.15) is 18.9 Å². The molecule has 1 aromatic carbocycles. The van der Waals surface area contributed by atoms with E-state index in [2.05, 4.69) is 11.8 Å². The molecule has 0 radical (unpaired) electrons. The maximum absolute atomic E-state index is 11.5. The van der Waals surface area contributed by atoms with Crippen LogP contribution in [0.2, 0.25) is 0 Å². The smallest absolute Gasteiger partial charge is 0.258 e. The Bertz CT molecular complexity index is 647. The summed E-state index contributed by atoms with van der Waals surface area (Å²) in [6, 6.07) is 6.91. The lowest BCUT2D eigenvalue weighted by Crippen LogP contribution is -2.29. The van der Waals surface area contributed by atoms with E-state index in [1.807, 2.05) is 0 Å². The van der Waals surface area contributed by atoms with E-state index in [9.17, 15) is 14.4 Å². The minimum Gasteiger partial charge on any atom is -0.288 e. The Morgan fingerprint density at radius 3 is 2.33 bits per heavy atom. The first-order valence-electron chi connectivity index (χ1n) is 6.36. The molecule has 0 unspecified atom stereocenters. The number of nitrogens with zero attached hydrogens (tertiary/aromatic N) is 1. The normalized spacial score (nSPS) is 13.3. The number of carbonyl (C=O) groups is 3. The molecular weight excluding hydrogens is 286 g/mol. The number of amides is 2. The molecule has 0 aromatic heterocycles. The summed E-state index contributed by atoms with van der Waals surface area (Å²) in [5, 5.41) is 0.0923. The molecule has 1 aromatic rings. The Hall–Kier alpha value is -2.32. The van der Waals surface area contributed by atoms with Gasteiger partial charge in [0.25, 0.3) is 11.8 Å². The summed E-state index contributed by atoms with van der Waals surface area (Å²) in [6.45, 7) is 1.53. The summed E-state index contributed by atoms with van der Waals surface area (Å²) >= 11 is 1.26. The van der Waals surface area contributed by atoms with E-state index in [-0.39, 0.29) is 16.9 Å². The van der Waals surface area contributed by atoms with Gasteiger partial charge in [-0.2, -0.15) is 0 Å². The highest BCUT2D eigenvalue weighted by Gasteiger charge is 2.24. The molecule has 106 valence electrons. The van der Waals surface area contributed by atoms with E-state index in [1.54, 1.807) is 24.3 Å². The minimum absolute atomic E-state index is 0.0923. The third-order valence-corrected chi connectivity index (χ3v) is 3.51. The van der Waals surface area contributed by atoms with Crippen LogP contribution in [-0.2, 0) is 14.4 Å². The van der Waals surface area contributed by atoms with E-state index < -0.39 is 0 Å². The number of hydrogen-bond donors (Lipinski definition) is 0. The van der Waals surface area contributed by atoms with Crippen LogP contribution in [0.25, 0.3) is 0 Å². The molecule has 4 nitrogen and oxygen atoms in total. The van der Waals surface area contributed by atoms with E-state index in [4.69, 9.17) is 0 Å². The summed E-state index contributed by atoms with van der Waals surface area (Å²) in [4.78, 5) is 34.9. The van der Waals surface area contributed by atoms with Gasteiger partial charge in [-0.3, -0.25) is 14.4 Å². The van der Waals surface area contributed by atoms with Crippen molar-refractivity contribution in [2.45, 2.75) is 13.3 Å². The summed E-state index contributed by atoms with van der Waals surface area (Å²) in [5.74, 6) is 5.98. The number of benzene rings is 1. The van der Waals surface area contributed by atoms with Crippen molar-refractivity contribution in [1.29, 1.82) is 0 Å². The van der Waals surface area contributed by atoms with Crippen LogP contribution in [0.15, 0.2) is 36.4 Å². The van der Waals surface area contributed by atoms with E-state index in [0.717, 1.165) is 10.5 Å². The fourth-order valence-corrected chi connectivity index (χ4v) is 2.25. The number of imide groups is 1. The van der Waals surface area contributed by atoms with Crippen LogP contribution in [0.5, 0.6) is 0 Å². The molecule has 1 heterocycles. The fourth-order valence-electron chi connectivity index (χ4n) is 1.76. The molecule has 0 saturated heterocycles. The van der Waals surface area contributed by atoms with Gasteiger partial charge < -0.3 is 0 Å². The van der Waals surface area contributed by atoms with Crippen molar-refractivity contribution in [3.8, 4) is 11.8 Å². The highest BCUT2D eigenvalue weighted by atomic mass is 32.2. The molecule has 21 heavy (non-hydrogen) atoms. The van der Waals surface area contributed by atoms with Gasteiger partial charge in [0.1, 0.15) is 0 Å². The van der Waals surface area contributed by atoms with Crippen molar-refractivity contribution in [3.05, 3.63) is 42.0 Å². The molecule has 2 rings (SSSR count). The second kappa shape index (κ2) is 6.91. The molecule has 2 amide bonds. The fraction of sp³-hybridized carbons (Fsp3) is 0.188. The third-order valence-electron chi connectivity index (χ3n) is 2.70. The maximum Gasteiger partial charge on any atom is 0.258 e. The molecule has 1 aliphatic rings. The first-order valence-corrected chi connectivity index (χ1v) is 7.35. The Morgan fingerprint density at radius 1 is 1.14 bits per heavy atom. The van der Waals surface area contributed by atoms with Crippen molar-refractivity contribution >= 4 is 34.4 Å². The van der Waals surface area contributed by atoms with Gasteiger partial charge in [0.15, 0.2) is 5.12 Å². The van der Waals surface area contributed by atoms with Crippen LogP contribution >= 0.6 is 11.8 Å². The Kier molecular flexibility index (Phi) is 4.96. The first kappa shape index (κ1) is 15.1. The van der Waals surface area contributed by atoms with E-state index in [1.165, 1.54) is 30.8 Å². The average Bonchev–Trinajstić information content (AvgIpc) is 2.78. The van der Waals surface area contributed by atoms with Gasteiger partial charge in [-0.1, -0.05) is 23.6 Å². The second-order valence-electron chi connectivity index (χ2n) is 4.28. The minimum atomic E-state index is -0.333. The number of rotatable bonds is 3. The molecule has 1 aliphatic heterocycles. The molecule has 5 heteroatoms. The molecule has 0 N–H and O–H groups in total. The highest BCUT2D eigenvalue weighted by molar-refractivity contribution is 8.13. The van der Waals surface area contributed by atoms with Gasteiger partial charge in [0, 0.05) is 36.8 Å². The largest absolute Gasteiger partial charge is 0.288 e. The number of thioether (sulfide) groups is 1. The van der Waals surface area contributed by atoms with Crippen molar-refractivity contribution in [1.82, 2.24) is 0 Å². The van der Waals surface area contributed by atoms with Crippen molar-refractivity contribution in [2.24, 2.45) is 0 Å². The number of carbonyl (C=O) groups excluding carboxylic acids is 3. The number of anilines is 1. The molecule has 0 saturated carbocycles. The van der Waals surface area contributed by atoms with E-state index in [0.29, 0.717) is 17.9 Å². The molecule has 0 bridgehead atoms. The zero-order valence-electron chi connectivity index (χ0n) is 11.5. The molecule has 0 atom stereocenters. The predicted octanol–water partition coefficient (Wildman–Crippen LogP) is 2.14. The Morgan fingerprint density at radius 2 is 1.76 bits per heavy atom. The average molecular weight is 299 g/mol. The maximum atomic E-state index is 11.5. The van der Waals surface area contributed by atoms with Crippen LogP contribution < -0.4 is 4.90 Å². The quantitative estimate of drug-likeness (QED) is 0.487. The van der Waals surface area contributed by atoms with Crippen LogP contribution in [0.4, 0.5) is 5.69 Å². The first-order chi connectivity index (χ1) is 10.1. The van der Waals surface area contributed by atoms with E-state index >= 15 is 0 Å². The van der Waals surface area contributed by atoms with Crippen molar-refractivity contribution < 1.29 is 14.4 Å². The van der Waals surface area contributed by atoms with Crippen molar-refractivity contribution in [3.63, 3.8) is 0 Å². The monoisotopic (exact) mass is 299 g/mol. The lowest BCUT2D eigenvalue weighted by Gasteiger charge is -2.13. The standard InChI is InChI=1S/C16H13NO3S/c1-12(18)21-11-3-2-4-13-5-7-14(8-6-13)17-15(19)9-10-16(17)20/h5-10H,3,11H2,1H3. The predicted molar refractivity (Wildman–Crippen MR) is 82.7 cm³/mol. The summed E-state index contributed by atoms with van der Waals surface area (Å²) < 4.78 is 0. The summed E-state index contributed by atoms with van der Waals surface area (Å²) in [6.07, 6.45) is 3.14.